The lowest BCUT2D eigenvalue weighted by Gasteiger charge is -2.36. The molecule has 0 bridgehead atoms. The molecule has 1 aromatic rings. The Bertz CT molecular complexity index is 1240. The molecule has 1 heterocycles. The lowest BCUT2D eigenvalue weighted by atomic mass is 9.84. The molecule has 3 atom stereocenters. The highest BCUT2D eigenvalue weighted by Gasteiger charge is 2.51. The summed E-state index contributed by atoms with van der Waals surface area (Å²) in [6, 6.07) is 6.15. The first-order valence-corrected chi connectivity index (χ1v) is 15.5. The minimum Gasteiger partial charge on any atom is -0.386 e. The zero-order valence-electron chi connectivity index (χ0n) is 25.8. The number of para-hydroxylation sites is 1. The molecule has 44 heavy (non-hydrogen) atoms. The number of hydrogen-bond acceptors (Lipinski definition) is 7. The van der Waals surface area contributed by atoms with E-state index < -0.39 is 46.7 Å². The van der Waals surface area contributed by atoms with Gasteiger partial charge in [-0.25, -0.2) is 0 Å². The molecule has 1 saturated heterocycles. The average Bonchev–Trinajstić information content (AvgIpc) is 3.73. The Morgan fingerprint density at radius 1 is 1.02 bits per heavy atom. The van der Waals surface area contributed by atoms with Crippen molar-refractivity contribution in [3.05, 3.63) is 30.3 Å². The maximum absolute atomic E-state index is 14.2. The van der Waals surface area contributed by atoms with Crippen LogP contribution in [0.15, 0.2) is 30.3 Å². The Balaban J connectivity index is 1.56. The fourth-order valence-electron chi connectivity index (χ4n) is 6.09. The van der Waals surface area contributed by atoms with E-state index >= 15 is 0 Å². The summed E-state index contributed by atoms with van der Waals surface area (Å²) in [5, 5.41) is 19.2. The summed E-state index contributed by atoms with van der Waals surface area (Å²) >= 11 is 0. The highest BCUT2D eigenvalue weighted by molar-refractivity contribution is 6.38. The van der Waals surface area contributed by atoms with Crippen LogP contribution in [0.1, 0.15) is 78.6 Å². The van der Waals surface area contributed by atoms with Crippen LogP contribution >= 0.6 is 0 Å². The van der Waals surface area contributed by atoms with E-state index in [0.29, 0.717) is 18.5 Å². The molecule has 0 aromatic heterocycles. The Hall–Kier alpha value is -3.80. The average molecular weight is 612 g/mol. The second-order valence-electron chi connectivity index (χ2n) is 13.6. The first-order valence-electron chi connectivity index (χ1n) is 15.5. The van der Waals surface area contributed by atoms with Crippen LogP contribution in [0.5, 0.6) is 0 Å². The van der Waals surface area contributed by atoms with Gasteiger partial charge in [-0.3, -0.25) is 34.1 Å². The van der Waals surface area contributed by atoms with Gasteiger partial charge in [0.15, 0.2) is 0 Å². The van der Waals surface area contributed by atoms with Gasteiger partial charge in [-0.15, -0.1) is 0 Å². The third-order valence-electron chi connectivity index (χ3n) is 8.65. The predicted octanol–water partition coefficient (Wildman–Crippen LogP) is 1.40. The fourth-order valence-corrected chi connectivity index (χ4v) is 6.09. The number of likely N-dealkylation sites (tertiary alicyclic amines) is 1. The Labute approximate surface area is 258 Å². The maximum atomic E-state index is 14.2. The van der Waals surface area contributed by atoms with Crippen molar-refractivity contribution < 1.29 is 33.9 Å². The van der Waals surface area contributed by atoms with E-state index in [-0.39, 0.29) is 37.4 Å². The first-order chi connectivity index (χ1) is 20.8. The van der Waals surface area contributed by atoms with Gasteiger partial charge in [0.2, 0.25) is 24.1 Å². The number of nitrogens with one attached hydrogen (secondary N) is 3. The number of imide groups is 1. The van der Waals surface area contributed by atoms with Crippen LogP contribution in [-0.2, 0) is 28.8 Å². The molecule has 0 spiro atoms. The van der Waals surface area contributed by atoms with Gasteiger partial charge in [-0.05, 0) is 49.1 Å². The van der Waals surface area contributed by atoms with Crippen LogP contribution in [0.3, 0.4) is 0 Å². The van der Waals surface area contributed by atoms with Gasteiger partial charge in [0.25, 0.3) is 0 Å². The van der Waals surface area contributed by atoms with Crippen molar-refractivity contribution in [3.8, 4) is 0 Å². The van der Waals surface area contributed by atoms with E-state index in [1.54, 1.807) is 51.1 Å². The van der Waals surface area contributed by atoms with Crippen LogP contribution < -0.4 is 20.9 Å². The number of rotatable bonds is 10. The minimum atomic E-state index is -1.73. The lowest BCUT2D eigenvalue weighted by molar-refractivity contribution is -0.147. The number of hydrogen-bond donors (Lipinski definition) is 4. The van der Waals surface area contributed by atoms with Crippen LogP contribution in [0.4, 0.5) is 5.69 Å². The summed E-state index contributed by atoms with van der Waals surface area (Å²) in [6.07, 6.45) is 7.26. The monoisotopic (exact) mass is 611 g/mol. The Morgan fingerprint density at radius 2 is 1.68 bits per heavy atom. The molecule has 4 rings (SSSR count). The van der Waals surface area contributed by atoms with Crippen molar-refractivity contribution in [3.63, 3.8) is 0 Å². The van der Waals surface area contributed by atoms with E-state index in [2.05, 4.69) is 16.0 Å². The summed E-state index contributed by atoms with van der Waals surface area (Å²) < 4.78 is 0. The third-order valence-corrected chi connectivity index (χ3v) is 8.65. The van der Waals surface area contributed by atoms with Crippen molar-refractivity contribution in [1.29, 1.82) is 0 Å². The molecule has 0 radical (unpaired) electrons. The largest absolute Gasteiger partial charge is 0.386 e. The molecule has 12 nitrogen and oxygen atoms in total. The zero-order valence-corrected chi connectivity index (χ0v) is 25.8. The third kappa shape index (κ3) is 8.64. The standard InChI is InChI=1S/C32H45N5O7/c1-31(2,3)26(34-25(39)16-21-10-6-4-7-11-21)30(43)37-19-32(44,18-36(20-38)23-12-8-5-9-13-23)17-24(37)27(40)35-29(42)28(41)33-22-14-15-22/h5,8-9,12-13,20-22,24,26,44H,4,6-7,10-11,14-19H2,1-3H3,(H,33,41)(H,34,39)(H,35,40,42)/t24-,26+,32-/m0/s1. The van der Waals surface area contributed by atoms with E-state index in [9.17, 15) is 33.9 Å². The molecule has 1 aliphatic heterocycles. The SMILES string of the molecule is CC(C)(C)[C@H](NC(=O)CC1CCCCC1)C(=O)N1C[C@@](O)(CN(C=O)c2ccccc2)C[C@H]1C(=O)NC(=O)C(=O)NC1CC1. The molecule has 3 aliphatic rings. The van der Waals surface area contributed by atoms with Gasteiger partial charge >= 0.3 is 11.8 Å². The van der Waals surface area contributed by atoms with Crippen molar-refractivity contribution >= 4 is 41.6 Å². The van der Waals surface area contributed by atoms with E-state index in [0.717, 1.165) is 49.8 Å². The highest BCUT2D eigenvalue weighted by atomic mass is 16.3. The molecule has 2 saturated carbocycles. The first kappa shape index (κ1) is 33.1. The van der Waals surface area contributed by atoms with Crippen LogP contribution in [0.2, 0.25) is 0 Å². The molecule has 2 aliphatic carbocycles. The zero-order chi connectivity index (χ0) is 32.1. The number of amides is 6. The lowest BCUT2D eigenvalue weighted by Crippen LogP contribution is -2.59. The van der Waals surface area contributed by atoms with Crippen molar-refractivity contribution in [2.75, 3.05) is 18.0 Å². The summed E-state index contributed by atoms with van der Waals surface area (Å²) in [5.41, 5.74) is -1.99. The Kier molecular flexibility index (Phi) is 10.4. The topological polar surface area (TPSA) is 165 Å². The smallest absolute Gasteiger partial charge is 0.315 e. The fraction of sp³-hybridized carbons (Fsp3) is 0.625. The van der Waals surface area contributed by atoms with E-state index in [4.69, 9.17) is 0 Å². The molecule has 3 fully saturated rings. The summed E-state index contributed by atoms with van der Waals surface area (Å²) in [5.74, 6) is -3.65. The summed E-state index contributed by atoms with van der Waals surface area (Å²) in [4.78, 5) is 80.0. The maximum Gasteiger partial charge on any atom is 0.315 e. The quantitative estimate of drug-likeness (QED) is 0.229. The van der Waals surface area contributed by atoms with Crippen molar-refractivity contribution in [2.24, 2.45) is 11.3 Å². The van der Waals surface area contributed by atoms with Crippen molar-refractivity contribution in [2.45, 2.75) is 102 Å². The van der Waals surface area contributed by atoms with E-state index in [1.165, 1.54) is 4.90 Å². The second-order valence-corrected chi connectivity index (χ2v) is 13.6. The van der Waals surface area contributed by atoms with Gasteiger partial charge in [0, 0.05) is 24.6 Å². The van der Waals surface area contributed by atoms with Gasteiger partial charge in [0.05, 0.1) is 13.1 Å². The number of aliphatic hydroxyl groups is 1. The molecule has 1 aromatic carbocycles. The highest BCUT2D eigenvalue weighted by Crippen LogP contribution is 2.33. The molecular weight excluding hydrogens is 566 g/mol. The van der Waals surface area contributed by atoms with Crippen LogP contribution in [0, 0.1) is 11.3 Å². The van der Waals surface area contributed by atoms with E-state index in [1.807, 2.05) is 0 Å². The molecule has 4 N–H and O–H groups in total. The van der Waals surface area contributed by atoms with Gasteiger partial charge in [-0.2, -0.15) is 0 Å². The van der Waals surface area contributed by atoms with Crippen molar-refractivity contribution in [1.82, 2.24) is 20.9 Å². The molecule has 12 heteroatoms. The summed E-state index contributed by atoms with van der Waals surface area (Å²) in [6.45, 7) is 4.81. The number of benzene rings is 1. The number of nitrogens with zero attached hydrogens (tertiary/aromatic N) is 2. The Morgan fingerprint density at radius 3 is 2.27 bits per heavy atom. The van der Waals surface area contributed by atoms with Crippen LogP contribution in [-0.4, -0.2) is 82.8 Å². The van der Waals surface area contributed by atoms with Gasteiger partial charge in [-0.1, -0.05) is 58.2 Å². The van der Waals surface area contributed by atoms with Gasteiger partial charge < -0.3 is 25.5 Å². The second kappa shape index (κ2) is 13.9. The molecule has 6 amide bonds. The van der Waals surface area contributed by atoms with Crippen LogP contribution in [0.25, 0.3) is 0 Å². The minimum absolute atomic E-state index is 0.102. The number of anilines is 1. The number of carbonyl (C=O) groups excluding carboxylic acids is 6. The number of β-amino-alcohol motifs (C(OH)–C–C–N with tert-alkyl or cyclic N) is 1. The molecule has 240 valence electrons. The summed E-state index contributed by atoms with van der Waals surface area (Å²) in [7, 11) is 0. The predicted molar refractivity (Wildman–Crippen MR) is 162 cm³/mol. The molecule has 0 unspecified atom stereocenters. The normalized spacial score (nSPS) is 22.9. The number of carbonyl (C=O) groups is 6. The van der Waals surface area contributed by atoms with Gasteiger partial charge in [0.1, 0.15) is 17.7 Å². The molecular formula is C32H45N5O7.